The second kappa shape index (κ2) is 5.64. The van der Waals surface area contributed by atoms with Gasteiger partial charge in [-0.15, -0.1) is 5.10 Å². The van der Waals surface area contributed by atoms with Gasteiger partial charge in [0.2, 0.25) is 0 Å². The summed E-state index contributed by atoms with van der Waals surface area (Å²) in [5, 5.41) is 34.6. The summed E-state index contributed by atoms with van der Waals surface area (Å²) >= 11 is 0. The summed E-state index contributed by atoms with van der Waals surface area (Å²) in [6.07, 6.45) is 1.48. The van der Waals surface area contributed by atoms with Gasteiger partial charge in [0.1, 0.15) is 0 Å². The molecule has 19 heavy (non-hydrogen) atoms. The highest BCUT2D eigenvalue weighted by Gasteiger charge is 2.27. The predicted octanol–water partition coefficient (Wildman–Crippen LogP) is -0.228. The molecular formula is C11H12BN3O4. The van der Waals surface area contributed by atoms with Gasteiger partial charge in [-0.25, -0.2) is 4.79 Å². The van der Waals surface area contributed by atoms with E-state index in [9.17, 15) is 14.8 Å². The fraction of sp³-hybridized carbons (Fsp3) is 0.182. The highest BCUT2D eigenvalue weighted by Crippen LogP contribution is 2.15. The van der Waals surface area contributed by atoms with E-state index in [1.165, 1.54) is 6.20 Å². The SMILES string of the molecule is O=C(O)c1cn([C@@H](Cc2ccccc2)B(O)O)nn1. The minimum atomic E-state index is -1.66. The smallest absolute Gasteiger partial charge is 0.476 e. The van der Waals surface area contributed by atoms with Crippen LogP contribution in [0.15, 0.2) is 36.5 Å². The molecule has 1 heterocycles. The molecule has 0 spiro atoms. The Morgan fingerprint density at radius 2 is 2.00 bits per heavy atom. The van der Waals surface area contributed by atoms with E-state index < -0.39 is 19.0 Å². The molecule has 98 valence electrons. The van der Waals surface area contributed by atoms with Crippen molar-refractivity contribution >= 4 is 13.1 Å². The summed E-state index contributed by atoms with van der Waals surface area (Å²) in [4.78, 5) is 10.7. The topological polar surface area (TPSA) is 108 Å². The van der Waals surface area contributed by atoms with Crippen LogP contribution < -0.4 is 0 Å². The number of carboxylic acid groups (broad SMARTS) is 1. The van der Waals surface area contributed by atoms with Crippen LogP contribution in [0.4, 0.5) is 0 Å². The van der Waals surface area contributed by atoms with Crippen molar-refractivity contribution in [3.63, 3.8) is 0 Å². The van der Waals surface area contributed by atoms with Gasteiger partial charge in [0.15, 0.2) is 5.69 Å². The Morgan fingerprint density at radius 3 is 2.53 bits per heavy atom. The van der Waals surface area contributed by atoms with Crippen LogP contribution in [0.3, 0.4) is 0 Å². The molecule has 2 rings (SSSR count). The maximum absolute atomic E-state index is 10.7. The molecule has 0 saturated carbocycles. The molecule has 0 amide bonds. The van der Waals surface area contributed by atoms with Crippen LogP contribution >= 0.6 is 0 Å². The van der Waals surface area contributed by atoms with E-state index in [0.29, 0.717) is 6.42 Å². The lowest BCUT2D eigenvalue weighted by molar-refractivity contribution is 0.0690. The molecular weight excluding hydrogens is 249 g/mol. The monoisotopic (exact) mass is 261 g/mol. The largest absolute Gasteiger partial charge is 0.478 e. The van der Waals surface area contributed by atoms with Gasteiger partial charge in [0.25, 0.3) is 0 Å². The normalized spacial score (nSPS) is 12.1. The highest BCUT2D eigenvalue weighted by atomic mass is 16.4. The first-order valence-corrected chi connectivity index (χ1v) is 5.63. The van der Waals surface area contributed by atoms with Gasteiger partial charge in [0.05, 0.1) is 12.1 Å². The molecule has 2 aromatic rings. The summed E-state index contributed by atoms with van der Waals surface area (Å²) in [5.41, 5.74) is 0.645. The first-order valence-electron chi connectivity index (χ1n) is 5.63. The second-order valence-electron chi connectivity index (χ2n) is 4.06. The number of hydrogen-bond acceptors (Lipinski definition) is 5. The van der Waals surface area contributed by atoms with Crippen molar-refractivity contribution < 1.29 is 19.9 Å². The summed E-state index contributed by atoms with van der Waals surface area (Å²) < 4.78 is 1.15. The molecule has 0 radical (unpaired) electrons. The molecule has 0 aliphatic rings. The Hall–Kier alpha value is -2.19. The Kier molecular flexibility index (Phi) is 3.93. The van der Waals surface area contributed by atoms with E-state index in [0.717, 1.165) is 10.2 Å². The third-order valence-electron chi connectivity index (χ3n) is 2.70. The lowest BCUT2D eigenvalue weighted by Gasteiger charge is -2.15. The first kappa shape index (κ1) is 13.3. The lowest BCUT2D eigenvalue weighted by atomic mass is 9.76. The molecule has 0 aliphatic heterocycles. The average molecular weight is 261 g/mol. The number of aromatic nitrogens is 3. The minimum Gasteiger partial charge on any atom is -0.476 e. The van der Waals surface area contributed by atoms with Crippen LogP contribution in [-0.4, -0.2) is 43.2 Å². The van der Waals surface area contributed by atoms with Crippen molar-refractivity contribution in [2.24, 2.45) is 0 Å². The van der Waals surface area contributed by atoms with Crippen molar-refractivity contribution in [1.82, 2.24) is 15.0 Å². The van der Waals surface area contributed by atoms with Gasteiger partial charge in [-0.1, -0.05) is 35.5 Å². The molecule has 7 nitrogen and oxygen atoms in total. The Balaban J connectivity index is 2.22. The van der Waals surface area contributed by atoms with E-state index in [1.54, 1.807) is 0 Å². The van der Waals surface area contributed by atoms with Gasteiger partial charge in [-0.05, 0) is 12.0 Å². The highest BCUT2D eigenvalue weighted by molar-refractivity contribution is 6.42. The van der Waals surface area contributed by atoms with E-state index in [-0.39, 0.29) is 5.69 Å². The van der Waals surface area contributed by atoms with E-state index >= 15 is 0 Å². The van der Waals surface area contributed by atoms with Crippen molar-refractivity contribution in [3.05, 3.63) is 47.8 Å². The minimum absolute atomic E-state index is 0.237. The van der Waals surface area contributed by atoms with Crippen LogP contribution in [0.5, 0.6) is 0 Å². The summed E-state index contributed by atoms with van der Waals surface area (Å²) in [6, 6.07) is 9.20. The Morgan fingerprint density at radius 1 is 1.32 bits per heavy atom. The zero-order valence-corrected chi connectivity index (χ0v) is 9.92. The molecule has 1 aromatic carbocycles. The first-order chi connectivity index (χ1) is 9.08. The number of hydrogen-bond donors (Lipinski definition) is 3. The lowest BCUT2D eigenvalue weighted by Crippen LogP contribution is -2.31. The summed E-state index contributed by atoms with van der Waals surface area (Å²) in [6.45, 7) is 0. The summed E-state index contributed by atoms with van der Waals surface area (Å²) in [7, 11) is -1.66. The van der Waals surface area contributed by atoms with Crippen LogP contribution in [0.2, 0.25) is 0 Å². The van der Waals surface area contributed by atoms with Crippen molar-refractivity contribution in [1.29, 1.82) is 0 Å². The van der Waals surface area contributed by atoms with Crippen LogP contribution in [0.1, 0.15) is 22.0 Å². The van der Waals surface area contributed by atoms with Crippen LogP contribution in [-0.2, 0) is 6.42 Å². The second-order valence-corrected chi connectivity index (χ2v) is 4.06. The zero-order chi connectivity index (χ0) is 13.8. The van der Waals surface area contributed by atoms with E-state index in [4.69, 9.17) is 5.11 Å². The molecule has 0 fully saturated rings. The predicted molar refractivity (Wildman–Crippen MR) is 66.4 cm³/mol. The van der Waals surface area contributed by atoms with Gasteiger partial charge in [0, 0.05) is 0 Å². The molecule has 3 N–H and O–H groups in total. The fourth-order valence-corrected chi connectivity index (χ4v) is 1.73. The third-order valence-corrected chi connectivity index (χ3v) is 2.70. The van der Waals surface area contributed by atoms with Gasteiger partial charge in [-0.2, -0.15) is 0 Å². The van der Waals surface area contributed by atoms with Gasteiger partial charge < -0.3 is 15.2 Å². The quantitative estimate of drug-likeness (QED) is 0.641. The van der Waals surface area contributed by atoms with Crippen molar-refractivity contribution in [2.75, 3.05) is 0 Å². The third kappa shape index (κ3) is 3.18. The number of benzene rings is 1. The van der Waals surface area contributed by atoms with Crippen LogP contribution in [0, 0.1) is 0 Å². The molecule has 1 aromatic heterocycles. The van der Waals surface area contributed by atoms with E-state index in [2.05, 4.69) is 10.3 Å². The molecule has 0 saturated heterocycles. The molecule has 0 aliphatic carbocycles. The standard InChI is InChI=1S/C11H12BN3O4/c16-11(17)9-7-15(14-13-9)10(12(18)19)6-8-4-2-1-3-5-8/h1-5,7,10,18-19H,6H2,(H,16,17)/t10-/m0/s1. The number of carboxylic acids is 1. The fourth-order valence-electron chi connectivity index (χ4n) is 1.73. The van der Waals surface area contributed by atoms with Crippen molar-refractivity contribution in [3.8, 4) is 0 Å². The van der Waals surface area contributed by atoms with Gasteiger partial charge >= 0.3 is 13.1 Å². The van der Waals surface area contributed by atoms with Crippen molar-refractivity contribution in [2.45, 2.75) is 12.4 Å². The zero-order valence-electron chi connectivity index (χ0n) is 9.92. The molecule has 1 atom stereocenters. The number of nitrogens with zero attached hydrogens (tertiary/aromatic N) is 3. The summed E-state index contributed by atoms with van der Waals surface area (Å²) in [5.74, 6) is -2.00. The molecule has 0 bridgehead atoms. The average Bonchev–Trinajstić information content (AvgIpc) is 2.86. The number of carbonyl (C=O) groups is 1. The Bertz CT molecular complexity index is 558. The van der Waals surface area contributed by atoms with Gasteiger partial charge in [-0.3, -0.25) is 4.68 Å². The number of aromatic carboxylic acids is 1. The maximum Gasteiger partial charge on any atom is 0.478 e. The molecule has 8 heteroatoms. The Labute approximate surface area is 109 Å². The molecule has 0 unspecified atom stereocenters. The maximum atomic E-state index is 10.7. The number of rotatable bonds is 5. The van der Waals surface area contributed by atoms with Crippen LogP contribution in [0.25, 0.3) is 0 Å². The van der Waals surface area contributed by atoms with E-state index in [1.807, 2.05) is 30.3 Å².